The Bertz CT molecular complexity index is 1280. The van der Waals surface area contributed by atoms with Gasteiger partial charge in [0.1, 0.15) is 12.3 Å². The summed E-state index contributed by atoms with van der Waals surface area (Å²) in [5, 5.41) is 1.87. The molecule has 3 aromatic rings. The second kappa shape index (κ2) is 11.6. The monoisotopic (exact) mass is 525 g/mol. The zero-order chi connectivity index (χ0) is 27.3. The van der Waals surface area contributed by atoms with Gasteiger partial charge in [-0.05, 0) is 79.1 Å². The Hall–Kier alpha value is -4.01. The van der Waals surface area contributed by atoms with Crippen LogP contribution in [-0.4, -0.2) is 62.2 Å². The molecule has 200 valence electrons. The van der Waals surface area contributed by atoms with Crippen molar-refractivity contribution in [2.75, 3.05) is 44.2 Å². The van der Waals surface area contributed by atoms with E-state index in [-0.39, 0.29) is 11.5 Å². The molecule has 2 amide bonds. The van der Waals surface area contributed by atoms with Crippen LogP contribution in [0.5, 0.6) is 5.75 Å². The minimum Gasteiger partial charge on any atom is -0.494 e. The number of ether oxygens (including phenoxy) is 1. The fourth-order valence-corrected chi connectivity index (χ4v) is 4.50. The van der Waals surface area contributed by atoms with Crippen LogP contribution in [0.25, 0.3) is 11.1 Å². The molecule has 1 aliphatic heterocycles. The maximum Gasteiger partial charge on any atom is 0.405 e. The van der Waals surface area contributed by atoms with Crippen LogP contribution in [0, 0.1) is 6.92 Å². The molecular weight excluding hydrogens is 495 g/mol. The highest BCUT2D eigenvalue weighted by atomic mass is 19.4. The number of aryl methyl sites for hydroxylation is 1. The molecule has 6 nitrogen and oxygen atoms in total. The second-order valence-corrected chi connectivity index (χ2v) is 9.11. The van der Waals surface area contributed by atoms with E-state index in [9.17, 15) is 22.8 Å². The van der Waals surface area contributed by atoms with Crippen molar-refractivity contribution in [2.45, 2.75) is 20.0 Å². The molecule has 9 heteroatoms. The Morgan fingerprint density at radius 3 is 2.24 bits per heavy atom. The standard InChI is InChI=1S/C29H30F3N3O3/c1-3-38-25-6-4-5-22(18-25)26-12-9-23(17-20(26)2)28(37)35-15-13-34(14-16-35)24-10-7-21(8-11-24)27(36)33-19-29(30,31)32/h4-12,17-18H,3,13-16,19H2,1-2H3,(H,33,36). The first-order valence-corrected chi connectivity index (χ1v) is 12.5. The molecule has 0 aliphatic carbocycles. The number of piperazine rings is 1. The molecule has 1 saturated heterocycles. The summed E-state index contributed by atoms with van der Waals surface area (Å²) in [5.41, 5.74) is 4.72. The third-order valence-electron chi connectivity index (χ3n) is 6.44. The van der Waals surface area contributed by atoms with E-state index in [2.05, 4.69) is 4.90 Å². The minimum atomic E-state index is -4.46. The third-order valence-corrected chi connectivity index (χ3v) is 6.44. The van der Waals surface area contributed by atoms with Crippen LogP contribution in [0.1, 0.15) is 33.2 Å². The van der Waals surface area contributed by atoms with Crippen molar-refractivity contribution in [1.82, 2.24) is 10.2 Å². The predicted octanol–water partition coefficient (Wildman–Crippen LogP) is 5.32. The van der Waals surface area contributed by atoms with Crippen molar-refractivity contribution in [3.63, 3.8) is 0 Å². The van der Waals surface area contributed by atoms with Gasteiger partial charge in [-0.1, -0.05) is 18.2 Å². The van der Waals surface area contributed by atoms with E-state index in [1.54, 1.807) is 12.1 Å². The summed E-state index contributed by atoms with van der Waals surface area (Å²) in [6.07, 6.45) is -4.46. The quantitative estimate of drug-likeness (QED) is 0.454. The van der Waals surface area contributed by atoms with Crippen molar-refractivity contribution in [3.05, 3.63) is 83.4 Å². The molecule has 1 aliphatic rings. The second-order valence-electron chi connectivity index (χ2n) is 9.11. The largest absolute Gasteiger partial charge is 0.494 e. The first-order valence-electron chi connectivity index (χ1n) is 12.5. The molecule has 3 aromatic carbocycles. The molecular formula is C29H30F3N3O3. The van der Waals surface area contributed by atoms with Gasteiger partial charge in [0.25, 0.3) is 11.8 Å². The Kier molecular flexibility index (Phi) is 8.24. The molecule has 0 aromatic heterocycles. The summed E-state index contributed by atoms with van der Waals surface area (Å²) >= 11 is 0. The number of rotatable bonds is 7. The molecule has 1 heterocycles. The smallest absolute Gasteiger partial charge is 0.405 e. The lowest BCUT2D eigenvalue weighted by molar-refractivity contribution is -0.123. The molecule has 0 spiro atoms. The number of nitrogens with zero attached hydrogens (tertiary/aromatic N) is 2. The lowest BCUT2D eigenvalue weighted by Crippen LogP contribution is -2.48. The molecule has 4 rings (SSSR count). The van der Waals surface area contributed by atoms with Gasteiger partial charge in [-0.25, -0.2) is 0 Å². The highest BCUT2D eigenvalue weighted by Gasteiger charge is 2.28. The summed E-state index contributed by atoms with van der Waals surface area (Å²) in [7, 11) is 0. The van der Waals surface area contributed by atoms with Gasteiger partial charge >= 0.3 is 6.18 Å². The number of amides is 2. The third kappa shape index (κ3) is 6.65. The molecule has 0 saturated carbocycles. The first-order chi connectivity index (χ1) is 18.1. The number of carbonyl (C=O) groups is 2. The number of hydrogen-bond acceptors (Lipinski definition) is 4. The number of benzene rings is 3. The van der Waals surface area contributed by atoms with Gasteiger partial charge in [0.2, 0.25) is 0 Å². The Labute approximate surface area is 220 Å². The summed E-state index contributed by atoms with van der Waals surface area (Å²) in [6, 6.07) is 20.1. The number of anilines is 1. The van der Waals surface area contributed by atoms with Gasteiger partial charge in [-0.3, -0.25) is 9.59 Å². The average molecular weight is 526 g/mol. The van der Waals surface area contributed by atoms with Crippen LogP contribution in [0.3, 0.4) is 0 Å². The lowest BCUT2D eigenvalue weighted by Gasteiger charge is -2.36. The number of alkyl halides is 3. The van der Waals surface area contributed by atoms with Crippen molar-refractivity contribution >= 4 is 17.5 Å². The molecule has 0 bridgehead atoms. The van der Waals surface area contributed by atoms with Gasteiger partial charge in [0.05, 0.1) is 6.61 Å². The van der Waals surface area contributed by atoms with Crippen LogP contribution in [0.15, 0.2) is 66.7 Å². The highest BCUT2D eigenvalue weighted by Crippen LogP contribution is 2.28. The molecule has 0 atom stereocenters. The van der Waals surface area contributed by atoms with Crippen LogP contribution < -0.4 is 15.0 Å². The van der Waals surface area contributed by atoms with Crippen molar-refractivity contribution in [1.29, 1.82) is 0 Å². The number of carbonyl (C=O) groups excluding carboxylic acids is 2. The van der Waals surface area contributed by atoms with E-state index in [0.717, 1.165) is 28.1 Å². The van der Waals surface area contributed by atoms with Crippen LogP contribution >= 0.6 is 0 Å². The van der Waals surface area contributed by atoms with Crippen LogP contribution in [0.4, 0.5) is 18.9 Å². The number of nitrogens with one attached hydrogen (secondary N) is 1. The first kappa shape index (κ1) is 27.0. The van der Waals surface area contributed by atoms with Gasteiger partial charge in [0.15, 0.2) is 0 Å². The normalized spacial score (nSPS) is 13.8. The maximum absolute atomic E-state index is 13.2. The van der Waals surface area contributed by atoms with Crippen LogP contribution in [-0.2, 0) is 0 Å². The summed E-state index contributed by atoms with van der Waals surface area (Å²) in [5.74, 6) is 0.00781. The van der Waals surface area contributed by atoms with Gasteiger partial charge in [-0.2, -0.15) is 13.2 Å². The highest BCUT2D eigenvalue weighted by molar-refractivity contribution is 5.96. The molecule has 1 fully saturated rings. The summed E-state index contributed by atoms with van der Waals surface area (Å²) < 4.78 is 42.6. The summed E-state index contributed by atoms with van der Waals surface area (Å²) in [6.45, 7) is 5.43. The van der Waals surface area contributed by atoms with E-state index in [1.165, 1.54) is 12.1 Å². The van der Waals surface area contributed by atoms with E-state index in [0.29, 0.717) is 38.3 Å². The van der Waals surface area contributed by atoms with Gasteiger partial charge < -0.3 is 19.9 Å². The van der Waals surface area contributed by atoms with Gasteiger partial charge in [0, 0.05) is 43.0 Å². The Balaban J connectivity index is 1.35. The maximum atomic E-state index is 13.2. The summed E-state index contributed by atoms with van der Waals surface area (Å²) in [4.78, 5) is 29.0. The van der Waals surface area contributed by atoms with Gasteiger partial charge in [-0.15, -0.1) is 0 Å². The number of hydrogen-bond donors (Lipinski definition) is 1. The number of halogens is 3. The zero-order valence-corrected chi connectivity index (χ0v) is 21.3. The minimum absolute atomic E-state index is 0.0287. The van der Waals surface area contributed by atoms with Crippen molar-refractivity contribution < 1.29 is 27.5 Å². The predicted molar refractivity (Wildman–Crippen MR) is 141 cm³/mol. The van der Waals surface area contributed by atoms with Crippen molar-refractivity contribution in [3.8, 4) is 16.9 Å². The average Bonchev–Trinajstić information content (AvgIpc) is 2.91. The Morgan fingerprint density at radius 2 is 1.61 bits per heavy atom. The topological polar surface area (TPSA) is 61.9 Å². The fraction of sp³-hybridized carbons (Fsp3) is 0.310. The SMILES string of the molecule is CCOc1cccc(-c2ccc(C(=O)N3CCN(c4ccc(C(=O)NCC(F)(F)F)cc4)CC3)cc2C)c1. The molecule has 0 radical (unpaired) electrons. The molecule has 38 heavy (non-hydrogen) atoms. The van der Waals surface area contributed by atoms with Crippen LogP contribution in [0.2, 0.25) is 0 Å². The molecule has 0 unspecified atom stereocenters. The van der Waals surface area contributed by atoms with E-state index < -0.39 is 18.6 Å². The van der Waals surface area contributed by atoms with E-state index in [4.69, 9.17) is 4.74 Å². The zero-order valence-electron chi connectivity index (χ0n) is 21.3. The molecule has 1 N–H and O–H groups in total. The fourth-order valence-electron chi connectivity index (χ4n) is 4.50. The Morgan fingerprint density at radius 1 is 0.921 bits per heavy atom. The lowest BCUT2D eigenvalue weighted by atomic mass is 9.97. The van der Waals surface area contributed by atoms with E-state index >= 15 is 0 Å². The van der Waals surface area contributed by atoms with Crippen molar-refractivity contribution in [2.24, 2.45) is 0 Å². The van der Waals surface area contributed by atoms with E-state index in [1.807, 2.05) is 66.5 Å².